The van der Waals surface area contributed by atoms with Crippen LogP contribution >= 0.6 is 11.6 Å². The molecule has 5 heteroatoms. The van der Waals surface area contributed by atoms with Gasteiger partial charge in [-0.25, -0.2) is 0 Å². The third kappa shape index (κ3) is 4.78. The van der Waals surface area contributed by atoms with Crippen molar-refractivity contribution >= 4 is 35.1 Å². The van der Waals surface area contributed by atoms with Gasteiger partial charge in [-0.2, -0.15) is 0 Å². The molecule has 0 aromatic heterocycles. The zero-order valence-electron chi connectivity index (χ0n) is 11.6. The van der Waals surface area contributed by atoms with Gasteiger partial charge in [-0.1, -0.05) is 25.4 Å². The van der Waals surface area contributed by atoms with E-state index in [0.717, 1.165) is 0 Å². The Kier molecular flexibility index (Phi) is 6.39. The van der Waals surface area contributed by atoms with Crippen molar-refractivity contribution in [1.82, 2.24) is 0 Å². The SMILES string of the molecule is CCC(=O)CC=Nc1cc(CC(=O)CC)cc(Cl)c1O. The largest absolute Gasteiger partial charge is 0.504 e. The number of aromatic hydroxyl groups is 1. The summed E-state index contributed by atoms with van der Waals surface area (Å²) in [5.41, 5.74) is 0.980. The lowest BCUT2D eigenvalue weighted by Crippen LogP contribution is -2.00. The Hall–Kier alpha value is -1.68. The second-order valence-electron chi connectivity index (χ2n) is 4.42. The first kappa shape index (κ1) is 16.4. The minimum Gasteiger partial charge on any atom is -0.504 e. The van der Waals surface area contributed by atoms with Crippen LogP contribution in [0.3, 0.4) is 0 Å². The number of carbonyl (C=O) groups is 2. The number of aliphatic imine (C=N–C) groups is 1. The fourth-order valence-corrected chi connectivity index (χ4v) is 1.82. The summed E-state index contributed by atoms with van der Waals surface area (Å²) in [6.45, 7) is 3.57. The molecule has 0 aliphatic rings. The number of ketones is 2. The van der Waals surface area contributed by atoms with Crippen molar-refractivity contribution in [2.45, 2.75) is 39.5 Å². The first-order chi connectivity index (χ1) is 9.47. The van der Waals surface area contributed by atoms with Crippen LogP contribution in [0.2, 0.25) is 5.02 Å². The van der Waals surface area contributed by atoms with Gasteiger partial charge in [-0.3, -0.25) is 14.6 Å². The average molecular weight is 296 g/mol. The summed E-state index contributed by atoms with van der Waals surface area (Å²) in [6.07, 6.45) is 2.81. The van der Waals surface area contributed by atoms with Gasteiger partial charge >= 0.3 is 0 Å². The number of hydrogen-bond acceptors (Lipinski definition) is 4. The fraction of sp³-hybridized carbons (Fsp3) is 0.400. The quantitative estimate of drug-likeness (QED) is 0.781. The van der Waals surface area contributed by atoms with Crippen LogP contribution in [0.15, 0.2) is 17.1 Å². The molecule has 0 heterocycles. The van der Waals surface area contributed by atoms with Gasteiger partial charge in [0, 0.05) is 31.9 Å². The first-order valence-corrected chi connectivity index (χ1v) is 6.93. The molecule has 1 aromatic rings. The number of Topliss-reactive ketones (excluding diaryl/α,β-unsaturated/α-hetero) is 2. The summed E-state index contributed by atoms with van der Waals surface area (Å²) in [5, 5.41) is 9.97. The van der Waals surface area contributed by atoms with Crippen LogP contribution in [0, 0.1) is 0 Å². The Balaban J connectivity index is 2.94. The maximum atomic E-state index is 11.4. The lowest BCUT2D eigenvalue weighted by Gasteiger charge is -2.06. The van der Waals surface area contributed by atoms with Gasteiger partial charge in [-0.05, 0) is 17.7 Å². The van der Waals surface area contributed by atoms with Crippen LogP contribution < -0.4 is 0 Å². The second-order valence-corrected chi connectivity index (χ2v) is 4.83. The Bertz CT molecular complexity index is 538. The van der Waals surface area contributed by atoms with E-state index in [1.807, 2.05) is 0 Å². The van der Waals surface area contributed by atoms with Gasteiger partial charge in [0.1, 0.15) is 17.3 Å². The van der Waals surface area contributed by atoms with Crippen molar-refractivity contribution in [3.8, 4) is 5.75 Å². The molecule has 0 spiro atoms. The smallest absolute Gasteiger partial charge is 0.159 e. The monoisotopic (exact) mass is 295 g/mol. The summed E-state index contributed by atoms with van der Waals surface area (Å²) in [6, 6.07) is 3.17. The van der Waals surface area contributed by atoms with Crippen LogP contribution in [0.25, 0.3) is 0 Å². The molecule has 1 rings (SSSR count). The molecule has 0 saturated carbocycles. The molecule has 0 fully saturated rings. The number of phenolic OH excluding ortho intramolecular Hbond substituents is 1. The number of phenols is 1. The van der Waals surface area contributed by atoms with E-state index >= 15 is 0 Å². The van der Waals surface area contributed by atoms with E-state index in [1.54, 1.807) is 26.0 Å². The number of carbonyl (C=O) groups excluding carboxylic acids is 2. The maximum Gasteiger partial charge on any atom is 0.159 e. The summed E-state index contributed by atoms with van der Waals surface area (Å²) < 4.78 is 0. The lowest BCUT2D eigenvalue weighted by molar-refractivity contribution is -0.118. The number of halogens is 1. The Labute approximate surface area is 123 Å². The lowest BCUT2D eigenvalue weighted by atomic mass is 10.1. The molecular formula is C15H18ClNO3. The fourth-order valence-electron chi connectivity index (χ4n) is 1.58. The number of benzene rings is 1. The van der Waals surface area contributed by atoms with Crippen molar-refractivity contribution in [1.29, 1.82) is 0 Å². The number of rotatable bonds is 7. The zero-order valence-corrected chi connectivity index (χ0v) is 12.4. The normalized spacial score (nSPS) is 10.9. The van der Waals surface area contributed by atoms with E-state index < -0.39 is 0 Å². The average Bonchev–Trinajstić information content (AvgIpc) is 2.43. The van der Waals surface area contributed by atoms with Crippen LogP contribution in [0.5, 0.6) is 5.75 Å². The van der Waals surface area contributed by atoms with Crippen LogP contribution in [0.1, 0.15) is 38.7 Å². The Morgan fingerprint density at radius 2 is 1.90 bits per heavy atom. The molecule has 1 N–H and O–H groups in total. The molecule has 0 aliphatic heterocycles. The van der Waals surface area contributed by atoms with Gasteiger partial charge in [0.25, 0.3) is 0 Å². The molecule has 0 atom stereocenters. The van der Waals surface area contributed by atoms with Gasteiger partial charge in [-0.15, -0.1) is 0 Å². The van der Waals surface area contributed by atoms with Crippen LogP contribution in [-0.2, 0) is 16.0 Å². The molecule has 0 bridgehead atoms. The van der Waals surface area contributed by atoms with E-state index in [-0.39, 0.29) is 40.9 Å². The highest BCUT2D eigenvalue weighted by molar-refractivity contribution is 6.32. The number of nitrogens with zero attached hydrogens (tertiary/aromatic N) is 1. The summed E-state index contributed by atoms with van der Waals surface area (Å²) in [4.78, 5) is 26.7. The molecule has 0 saturated heterocycles. The van der Waals surface area contributed by atoms with Crippen molar-refractivity contribution < 1.29 is 14.7 Å². The van der Waals surface area contributed by atoms with E-state index in [2.05, 4.69) is 4.99 Å². The van der Waals surface area contributed by atoms with Crippen molar-refractivity contribution in [3.63, 3.8) is 0 Å². The molecule has 20 heavy (non-hydrogen) atoms. The maximum absolute atomic E-state index is 11.4. The van der Waals surface area contributed by atoms with Crippen molar-refractivity contribution in [2.24, 2.45) is 4.99 Å². The van der Waals surface area contributed by atoms with Crippen molar-refractivity contribution in [2.75, 3.05) is 0 Å². The van der Waals surface area contributed by atoms with Crippen molar-refractivity contribution in [3.05, 3.63) is 22.7 Å². The van der Waals surface area contributed by atoms with Gasteiger partial charge in [0.05, 0.1) is 5.02 Å². The first-order valence-electron chi connectivity index (χ1n) is 6.55. The van der Waals surface area contributed by atoms with E-state index in [0.29, 0.717) is 18.4 Å². The Morgan fingerprint density at radius 1 is 1.25 bits per heavy atom. The highest BCUT2D eigenvalue weighted by Gasteiger charge is 2.10. The highest BCUT2D eigenvalue weighted by Crippen LogP contribution is 2.35. The molecule has 0 radical (unpaired) electrons. The standard InChI is InChI=1S/C15H18ClNO3/c1-3-11(18)5-6-17-14-9-10(7-12(19)4-2)8-13(16)15(14)20/h6,8-9,20H,3-5,7H2,1-2H3. The third-order valence-corrected chi connectivity index (χ3v) is 3.13. The molecule has 0 aliphatic carbocycles. The van der Waals surface area contributed by atoms with E-state index in [9.17, 15) is 14.7 Å². The predicted octanol–water partition coefficient (Wildman–Crippen LogP) is 3.64. The topological polar surface area (TPSA) is 66.7 Å². The minimum absolute atomic E-state index is 0.0663. The predicted molar refractivity (Wildman–Crippen MR) is 80.2 cm³/mol. The number of hydrogen-bond donors (Lipinski definition) is 1. The molecule has 1 aromatic carbocycles. The summed E-state index contributed by atoms with van der Waals surface area (Å²) >= 11 is 5.91. The van der Waals surface area contributed by atoms with Gasteiger partial charge in [0.2, 0.25) is 0 Å². The highest BCUT2D eigenvalue weighted by atomic mass is 35.5. The van der Waals surface area contributed by atoms with Gasteiger partial charge in [0.15, 0.2) is 5.75 Å². The second kappa shape index (κ2) is 7.80. The molecular weight excluding hydrogens is 278 g/mol. The third-order valence-electron chi connectivity index (χ3n) is 2.84. The van der Waals surface area contributed by atoms with Gasteiger partial charge < -0.3 is 5.11 Å². The van der Waals surface area contributed by atoms with Crippen LogP contribution in [-0.4, -0.2) is 22.9 Å². The molecule has 0 unspecified atom stereocenters. The van der Waals surface area contributed by atoms with Crippen LogP contribution in [0.4, 0.5) is 5.69 Å². The molecule has 4 nitrogen and oxygen atoms in total. The summed E-state index contributed by atoms with van der Waals surface area (Å²) in [5.74, 6) is 0.0130. The zero-order chi connectivity index (χ0) is 15.1. The molecule has 0 amide bonds. The Morgan fingerprint density at radius 3 is 2.50 bits per heavy atom. The summed E-state index contributed by atoms with van der Waals surface area (Å²) in [7, 11) is 0. The van der Waals surface area contributed by atoms with E-state index in [1.165, 1.54) is 6.21 Å². The van der Waals surface area contributed by atoms with E-state index in [4.69, 9.17) is 11.6 Å². The molecule has 108 valence electrons. The minimum atomic E-state index is -0.139.